The Hall–Kier alpha value is -0.680. The zero-order valence-electron chi connectivity index (χ0n) is 12.4. The van der Waals surface area contributed by atoms with Crippen molar-refractivity contribution >= 4 is 21.7 Å². The van der Waals surface area contributed by atoms with Crippen LogP contribution in [0.25, 0.3) is 0 Å². The van der Waals surface area contributed by atoms with Crippen molar-refractivity contribution in [1.82, 2.24) is 14.7 Å². The number of hydrogen-bond acceptors (Lipinski definition) is 3. The smallest absolute Gasteiger partial charge is 0.142 e. The molecule has 2 bridgehead atoms. The molecular formula is C15H22BrN3O. The van der Waals surface area contributed by atoms with E-state index < -0.39 is 0 Å². The van der Waals surface area contributed by atoms with Crippen LogP contribution in [0.2, 0.25) is 0 Å². The fourth-order valence-corrected chi connectivity index (χ4v) is 4.33. The first kappa shape index (κ1) is 14.3. The van der Waals surface area contributed by atoms with E-state index in [4.69, 9.17) is 0 Å². The monoisotopic (exact) mass is 339 g/mol. The van der Waals surface area contributed by atoms with Crippen LogP contribution in [0.3, 0.4) is 0 Å². The lowest BCUT2D eigenvalue weighted by Gasteiger charge is -2.35. The van der Waals surface area contributed by atoms with Crippen LogP contribution in [0.5, 0.6) is 0 Å². The fraction of sp³-hybridized carbons (Fsp3) is 0.733. The van der Waals surface area contributed by atoms with E-state index in [2.05, 4.69) is 33.0 Å². The Labute approximate surface area is 128 Å². The lowest BCUT2D eigenvalue weighted by atomic mass is 9.86. The summed E-state index contributed by atoms with van der Waals surface area (Å²) in [7, 11) is 4.13. The first-order valence-electron chi connectivity index (χ1n) is 7.40. The van der Waals surface area contributed by atoms with E-state index in [9.17, 15) is 4.79 Å². The van der Waals surface area contributed by atoms with Gasteiger partial charge >= 0.3 is 0 Å². The quantitative estimate of drug-likeness (QED) is 0.849. The van der Waals surface area contributed by atoms with Gasteiger partial charge in [-0.1, -0.05) is 0 Å². The first-order valence-corrected chi connectivity index (χ1v) is 8.19. The topological polar surface area (TPSA) is 38.1 Å². The van der Waals surface area contributed by atoms with E-state index in [0.717, 1.165) is 28.7 Å². The largest absolute Gasteiger partial charge is 0.300 e. The summed E-state index contributed by atoms with van der Waals surface area (Å²) in [5.41, 5.74) is 1.97. The van der Waals surface area contributed by atoms with Gasteiger partial charge in [-0.05, 0) is 55.6 Å². The Kier molecular flexibility index (Phi) is 3.75. The van der Waals surface area contributed by atoms with Gasteiger partial charge in [0, 0.05) is 31.5 Å². The van der Waals surface area contributed by atoms with Gasteiger partial charge in [-0.25, -0.2) is 0 Å². The second kappa shape index (κ2) is 5.26. The zero-order valence-corrected chi connectivity index (χ0v) is 14.0. The molecule has 5 heteroatoms. The molecule has 2 unspecified atom stereocenters. The third-order valence-corrected chi connectivity index (χ3v) is 6.19. The minimum absolute atomic E-state index is 0.241. The molecule has 2 fully saturated rings. The third kappa shape index (κ3) is 2.35. The molecule has 0 N–H and O–H groups in total. The molecule has 0 saturated carbocycles. The van der Waals surface area contributed by atoms with Gasteiger partial charge in [-0.3, -0.25) is 9.48 Å². The van der Waals surface area contributed by atoms with Crippen LogP contribution >= 0.6 is 15.9 Å². The molecule has 3 rings (SSSR count). The molecule has 0 radical (unpaired) electrons. The van der Waals surface area contributed by atoms with E-state index in [1.807, 2.05) is 18.7 Å². The van der Waals surface area contributed by atoms with Crippen molar-refractivity contribution in [2.45, 2.75) is 51.1 Å². The maximum atomic E-state index is 12.6. The summed E-state index contributed by atoms with van der Waals surface area (Å²) >= 11 is 3.56. The van der Waals surface area contributed by atoms with Gasteiger partial charge in [-0.2, -0.15) is 5.10 Å². The number of aryl methyl sites for hydroxylation is 2. The second-order valence-electron chi connectivity index (χ2n) is 6.33. The highest BCUT2D eigenvalue weighted by molar-refractivity contribution is 9.10. The molecule has 4 nitrogen and oxygen atoms in total. The summed E-state index contributed by atoms with van der Waals surface area (Å²) in [6.45, 7) is 1.97. The fourth-order valence-electron chi connectivity index (χ4n) is 3.86. The Morgan fingerprint density at radius 1 is 1.30 bits per heavy atom. The zero-order chi connectivity index (χ0) is 14.4. The maximum absolute atomic E-state index is 12.6. The molecule has 1 aromatic rings. The highest BCUT2D eigenvalue weighted by Gasteiger charge is 2.40. The number of hydrogen-bond donors (Lipinski definition) is 0. The molecule has 0 aliphatic carbocycles. The Balaban J connectivity index is 1.71. The molecule has 2 atom stereocenters. The van der Waals surface area contributed by atoms with Gasteiger partial charge in [0.1, 0.15) is 5.78 Å². The van der Waals surface area contributed by atoms with Gasteiger partial charge in [-0.15, -0.1) is 0 Å². The maximum Gasteiger partial charge on any atom is 0.142 e. The van der Waals surface area contributed by atoms with Crippen LogP contribution in [0.15, 0.2) is 4.47 Å². The predicted octanol–water partition coefficient (Wildman–Crippen LogP) is 2.48. The van der Waals surface area contributed by atoms with Crippen LogP contribution in [0.4, 0.5) is 0 Å². The number of Topliss-reactive ketones (excluding diaryl/α,β-unsaturated/α-hetero) is 1. The van der Waals surface area contributed by atoms with Crippen molar-refractivity contribution in [3.8, 4) is 0 Å². The van der Waals surface area contributed by atoms with E-state index >= 15 is 0 Å². The molecule has 0 aromatic carbocycles. The number of carbonyl (C=O) groups excluding carboxylic acids is 1. The highest BCUT2D eigenvalue weighted by Crippen LogP contribution is 2.38. The molecule has 1 aromatic heterocycles. The van der Waals surface area contributed by atoms with E-state index in [1.54, 1.807) is 0 Å². The molecule has 3 heterocycles. The van der Waals surface area contributed by atoms with E-state index in [1.165, 1.54) is 12.8 Å². The number of ketones is 1. The summed E-state index contributed by atoms with van der Waals surface area (Å²) in [6, 6.07) is 1.25. The number of rotatable bonds is 3. The van der Waals surface area contributed by atoms with Gasteiger partial charge in [0.2, 0.25) is 0 Å². The summed E-state index contributed by atoms with van der Waals surface area (Å²) in [5.74, 6) is 0.629. The SMILES string of the molecule is Cc1nn(C)c(CC(=O)C2CC3CCC(C2)N3C)c1Br. The number of aromatic nitrogens is 2. The van der Waals surface area contributed by atoms with Crippen molar-refractivity contribution < 1.29 is 4.79 Å². The average Bonchev–Trinajstić information content (AvgIpc) is 2.76. The lowest BCUT2D eigenvalue weighted by molar-refractivity contribution is -0.124. The number of nitrogens with zero attached hydrogens (tertiary/aromatic N) is 3. The van der Waals surface area contributed by atoms with Gasteiger partial charge in [0.25, 0.3) is 0 Å². The summed E-state index contributed by atoms with van der Waals surface area (Å²) in [5, 5.41) is 4.37. The van der Waals surface area contributed by atoms with Crippen LogP contribution in [0.1, 0.15) is 37.1 Å². The van der Waals surface area contributed by atoms with Crippen LogP contribution in [0, 0.1) is 12.8 Å². The minimum atomic E-state index is 0.241. The molecule has 2 aliphatic heterocycles. The van der Waals surface area contributed by atoms with Crippen LogP contribution in [-0.4, -0.2) is 39.6 Å². The predicted molar refractivity (Wildman–Crippen MR) is 81.7 cm³/mol. The average molecular weight is 340 g/mol. The van der Waals surface area contributed by atoms with Crippen molar-refractivity contribution in [3.05, 3.63) is 15.9 Å². The first-order chi connectivity index (χ1) is 9.47. The molecule has 0 amide bonds. The van der Waals surface area contributed by atoms with Crippen LogP contribution < -0.4 is 0 Å². The highest BCUT2D eigenvalue weighted by atomic mass is 79.9. The molecule has 2 saturated heterocycles. The number of halogens is 1. The van der Waals surface area contributed by atoms with Crippen molar-refractivity contribution in [2.24, 2.45) is 13.0 Å². The van der Waals surface area contributed by atoms with E-state index in [0.29, 0.717) is 24.3 Å². The second-order valence-corrected chi connectivity index (χ2v) is 7.12. The van der Waals surface area contributed by atoms with Crippen molar-refractivity contribution in [3.63, 3.8) is 0 Å². The van der Waals surface area contributed by atoms with Gasteiger partial charge < -0.3 is 4.90 Å². The van der Waals surface area contributed by atoms with Crippen molar-refractivity contribution in [2.75, 3.05) is 7.05 Å². The number of carbonyl (C=O) groups is 1. The van der Waals surface area contributed by atoms with E-state index in [-0.39, 0.29) is 5.92 Å². The van der Waals surface area contributed by atoms with Crippen molar-refractivity contribution in [1.29, 1.82) is 0 Å². The number of piperidine rings is 1. The Morgan fingerprint density at radius 3 is 2.40 bits per heavy atom. The third-order valence-electron chi connectivity index (χ3n) is 5.16. The minimum Gasteiger partial charge on any atom is -0.300 e. The number of fused-ring (bicyclic) bond motifs is 2. The Morgan fingerprint density at radius 2 is 1.90 bits per heavy atom. The normalized spacial score (nSPS) is 29.9. The molecule has 20 heavy (non-hydrogen) atoms. The molecule has 2 aliphatic rings. The van der Waals surface area contributed by atoms with Gasteiger partial charge in [0.05, 0.1) is 15.9 Å². The summed E-state index contributed by atoms with van der Waals surface area (Å²) in [4.78, 5) is 15.1. The van der Waals surface area contributed by atoms with Crippen LogP contribution in [-0.2, 0) is 18.3 Å². The molecule has 110 valence electrons. The molecule has 0 spiro atoms. The Bertz CT molecular complexity index is 525. The standard InChI is InChI=1S/C15H22BrN3O/c1-9-15(16)13(19(3)17-9)8-14(20)10-6-11-4-5-12(7-10)18(11)2/h10-12H,4-8H2,1-3H3. The van der Waals surface area contributed by atoms with Gasteiger partial charge in [0.15, 0.2) is 0 Å². The summed E-state index contributed by atoms with van der Waals surface area (Å²) in [6.07, 6.45) is 5.12. The lowest BCUT2D eigenvalue weighted by Crippen LogP contribution is -2.42. The molecular weight excluding hydrogens is 318 g/mol. The summed E-state index contributed by atoms with van der Waals surface area (Å²) < 4.78 is 2.82.